The number of hydrogen-bond acceptors (Lipinski definition) is 3. The Morgan fingerprint density at radius 1 is 1.20 bits per heavy atom. The highest BCUT2D eigenvalue weighted by Gasteiger charge is 2.07. The van der Waals surface area contributed by atoms with Crippen molar-refractivity contribution in [3.8, 4) is 0 Å². The predicted octanol–water partition coefficient (Wildman–Crippen LogP) is 3.83. The van der Waals surface area contributed by atoms with E-state index in [1.807, 2.05) is 30.5 Å². The lowest BCUT2D eigenvalue weighted by Crippen LogP contribution is -2.17. The van der Waals surface area contributed by atoms with E-state index in [2.05, 4.69) is 10.5 Å². The van der Waals surface area contributed by atoms with Crippen LogP contribution in [0.3, 0.4) is 0 Å². The molecule has 0 saturated heterocycles. The number of hydrogen-bond donors (Lipinski definition) is 1. The fourth-order valence-corrected chi connectivity index (χ4v) is 2.19. The van der Waals surface area contributed by atoms with Crippen molar-refractivity contribution in [2.45, 2.75) is 4.90 Å². The molecule has 0 atom stereocenters. The molecule has 1 amide bonds. The molecule has 0 saturated carbocycles. The number of benzene rings is 2. The molecule has 20 heavy (non-hydrogen) atoms. The van der Waals surface area contributed by atoms with Crippen LogP contribution in [0.15, 0.2) is 58.5 Å². The van der Waals surface area contributed by atoms with Crippen LogP contribution in [-0.2, 0) is 0 Å². The third-order valence-electron chi connectivity index (χ3n) is 2.61. The zero-order chi connectivity index (χ0) is 14.4. The van der Waals surface area contributed by atoms with E-state index in [0.717, 1.165) is 5.56 Å². The number of nitrogens with one attached hydrogen (secondary N) is 1. The molecule has 2 rings (SSSR count). The molecule has 0 aliphatic carbocycles. The van der Waals surface area contributed by atoms with Gasteiger partial charge in [0.15, 0.2) is 0 Å². The minimum absolute atomic E-state index is 0.326. The minimum Gasteiger partial charge on any atom is -0.267 e. The van der Waals surface area contributed by atoms with Gasteiger partial charge >= 0.3 is 0 Å². The van der Waals surface area contributed by atoms with E-state index in [1.54, 1.807) is 42.2 Å². The van der Waals surface area contributed by atoms with Gasteiger partial charge in [-0.15, -0.1) is 11.8 Å². The Morgan fingerprint density at radius 2 is 1.90 bits per heavy atom. The summed E-state index contributed by atoms with van der Waals surface area (Å²) in [5.41, 5.74) is 3.78. The van der Waals surface area contributed by atoms with E-state index >= 15 is 0 Å². The van der Waals surface area contributed by atoms with Crippen LogP contribution in [0, 0.1) is 0 Å². The summed E-state index contributed by atoms with van der Waals surface area (Å²) in [7, 11) is 0. The third-order valence-corrected chi connectivity index (χ3v) is 3.69. The molecule has 3 nitrogen and oxygen atoms in total. The second kappa shape index (κ2) is 7.12. The number of nitrogens with zero attached hydrogens (tertiary/aromatic N) is 1. The van der Waals surface area contributed by atoms with Crippen LogP contribution < -0.4 is 5.43 Å². The molecule has 102 valence electrons. The molecule has 0 unspecified atom stereocenters. The first-order valence-electron chi connectivity index (χ1n) is 5.92. The fraction of sp³-hybridized carbons (Fsp3) is 0.0667. The molecule has 2 aromatic rings. The fourth-order valence-electron chi connectivity index (χ4n) is 1.56. The number of thioether (sulfide) groups is 1. The van der Waals surface area contributed by atoms with Gasteiger partial charge in [0.05, 0.1) is 16.8 Å². The lowest BCUT2D eigenvalue weighted by atomic mass is 10.2. The molecule has 0 radical (unpaired) electrons. The van der Waals surface area contributed by atoms with Crippen LogP contribution in [-0.4, -0.2) is 18.4 Å². The number of carbonyl (C=O) groups excluding carboxylic acids is 1. The van der Waals surface area contributed by atoms with Gasteiger partial charge in [-0.05, 0) is 36.1 Å². The normalized spacial score (nSPS) is 10.7. The van der Waals surface area contributed by atoms with Crippen molar-refractivity contribution in [1.82, 2.24) is 5.43 Å². The van der Waals surface area contributed by atoms with E-state index in [1.165, 1.54) is 4.90 Å². The van der Waals surface area contributed by atoms with E-state index in [4.69, 9.17) is 11.6 Å². The highest BCUT2D eigenvalue weighted by Crippen LogP contribution is 2.15. The topological polar surface area (TPSA) is 41.5 Å². The van der Waals surface area contributed by atoms with Crippen molar-refractivity contribution in [2.24, 2.45) is 5.10 Å². The summed E-state index contributed by atoms with van der Waals surface area (Å²) in [5, 5.41) is 4.33. The lowest BCUT2D eigenvalue weighted by molar-refractivity contribution is 0.0955. The first kappa shape index (κ1) is 14.6. The first-order chi connectivity index (χ1) is 9.70. The number of amides is 1. The van der Waals surface area contributed by atoms with Crippen LogP contribution in [0.2, 0.25) is 5.02 Å². The van der Waals surface area contributed by atoms with Gasteiger partial charge in [-0.25, -0.2) is 5.43 Å². The summed E-state index contributed by atoms with van der Waals surface area (Å²) < 4.78 is 0. The summed E-state index contributed by atoms with van der Waals surface area (Å²) in [6.07, 6.45) is 3.62. The van der Waals surface area contributed by atoms with E-state index in [9.17, 15) is 4.79 Å². The molecule has 0 heterocycles. The van der Waals surface area contributed by atoms with Crippen molar-refractivity contribution in [1.29, 1.82) is 0 Å². The molecule has 0 aromatic heterocycles. The number of hydrazone groups is 1. The van der Waals surface area contributed by atoms with Crippen LogP contribution in [0.5, 0.6) is 0 Å². The Kier molecular flexibility index (Phi) is 5.21. The molecule has 0 aliphatic rings. The SMILES string of the molecule is CSc1ccc(C=NNC(=O)c2ccccc2Cl)cc1. The molecule has 0 aliphatic heterocycles. The van der Waals surface area contributed by atoms with Crippen molar-refractivity contribution >= 4 is 35.5 Å². The smallest absolute Gasteiger partial charge is 0.267 e. The van der Waals surface area contributed by atoms with Crippen molar-refractivity contribution < 1.29 is 4.79 Å². The number of carbonyl (C=O) groups is 1. The van der Waals surface area contributed by atoms with Crippen LogP contribution in [0.1, 0.15) is 15.9 Å². The summed E-state index contributed by atoms with van der Waals surface area (Å²) in [4.78, 5) is 13.0. The zero-order valence-electron chi connectivity index (χ0n) is 10.8. The summed E-state index contributed by atoms with van der Waals surface area (Å²) in [5.74, 6) is -0.326. The quantitative estimate of drug-likeness (QED) is 0.530. The van der Waals surface area contributed by atoms with Crippen molar-refractivity contribution in [3.63, 3.8) is 0 Å². The molecular formula is C15H13ClN2OS. The van der Waals surface area contributed by atoms with Gasteiger partial charge in [0.25, 0.3) is 5.91 Å². The van der Waals surface area contributed by atoms with Gasteiger partial charge in [0, 0.05) is 4.90 Å². The van der Waals surface area contributed by atoms with E-state index in [0.29, 0.717) is 10.6 Å². The van der Waals surface area contributed by atoms with Crippen molar-refractivity contribution in [3.05, 3.63) is 64.7 Å². The minimum atomic E-state index is -0.326. The Balaban J connectivity index is 1.99. The summed E-state index contributed by atoms with van der Waals surface area (Å²) >= 11 is 7.61. The maximum Gasteiger partial charge on any atom is 0.272 e. The van der Waals surface area contributed by atoms with Gasteiger partial charge in [0.2, 0.25) is 0 Å². The van der Waals surface area contributed by atoms with E-state index in [-0.39, 0.29) is 5.91 Å². The van der Waals surface area contributed by atoms with Crippen molar-refractivity contribution in [2.75, 3.05) is 6.26 Å². The average molecular weight is 305 g/mol. The predicted molar refractivity (Wildman–Crippen MR) is 84.7 cm³/mol. The molecule has 2 aromatic carbocycles. The molecule has 0 spiro atoms. The largest absolute Gasteiger partial charge is 0.272 e. The molecular weight excluding hydrogens is 292 g/mol. The number of rotatable bonds is 4. The van der Waals surface area contributed by atoms with Crippen LogP contribution >= 0.6 is 23.4 Å². The zero-order valence-corrected chi connectivity index (χ0v) is 12.4. The highest BCUT2D eigenvalue weighted by molar-refractivity contribution is 7.98. The standard InChI is InChI=1S/C15H13ClN2OS/c1-20-12-8-6-11(7-9-12)10-17-18-15(19)13-4-2-3-5-14(13)16/h2-10H,1H3,(H,18,19). The second-order valence-electron chi connectivity index (χ2n) is 3.95. The van der Waals surface area contributed by atoms with Crippen LogP contribution in [0.4, 0.5) is 0 Å². The van der Waals surface area contributed by atoms with Gasteiger partial charge in [0.1, 0.15) is 0 Å². The first-order valence-corrected chi connectivity index (χ1v) is 7.53. The maximum absolute atomic E-state index is 11.8. The second-order valence-corrected chi connectivity index (χ2v) is 5.24. The highest BCUT2D eigenvalue weighted by atomic mass is 35.5. The van der Waals surface area contributed by atoms with E-state index < -0.39 is 0 Å². The van der Waals surface area contributed by atoms with Gasteiger partial charge < -0.3 is 0 Å². The number of halogens is 1. The monoisotopic (exact) mass is 304 g/mol. The Labute approximate surface area is 127 Å². The molecule has 0 fully saturated rings. The summed E-state index contributed by atoms with van der Waals surface area (Å²) in [6, 6.07) is 14.7. The Hall–Kier alpha value is -1.78. The van der Waals surface area contributed by atoms with Gasteiger partial charge in [-0.1, -0.05) is 35.9 Å². The molecule has 0 bridgehead atoms. The molecule has 5 heteroatoms. The summed E-state index contributed by atoms with van der Waals surface area (Å²) in [6.45, 7) is 0. The third kappa shape index (κ3) is 3.85. The van der Waals surface area contributed by atoms with Gasteiger partial charge in [-0.2, -0.15) is 5.10 Å². The Bertz CT molecular complexity index is 626. The maximum atomic E-state index is 11.8. The Morgan fingerprint density at radius 3 is 2.55 bits per heavy atom. The molecule has 1 N–H and O–H groups in total. The van der Waals surface area contributed by atoms with Gasteiger partial charge in [-0.3, -0.25) is 4.79 Å². The van der Waals surface area contributed by atoms with Crippen LogP contribution in [0.25, 0.3) is 0 Å². The lowest BCUT2D eigenvalue weighted by Gasteiger charge is -2.01. The average Bonchev–Trinajstić information content (AvgIpc) is 2.48.